The zero-order valence-electron chi connectivity index (χ0n) is 15.1. The molecule has 1 unspecified atom stereocenters. The van der Waals surface area contributed by atoms with Gasteiger partial charge in [-0.2, -0.15) is 0 Å². The first-order chi connectivity index (χ1) is 10.8. The Labute approximate surface area is 139 Å². The van der Waals surface area contributed by atoms with Crippen LogP contribution < -0.4 is 10.6 Å². The Morgan fingerprint density at radius 3 is 1.74 bits per heavy atom. The highest BCUT2D eigenvalue weighted by molar-refractivity contribution is 5.81. The number of hydrogen-bond donors (Lipinski definition) is 2. The van der Waals surface area contributed by atoms with Crippen molar-refractivity contribution in [2.24, 2.45) is 5.92 Å². The fourth-order valence-electron chi connectivity index (χ4n) is 2.54. The van der Waals surface area contributed by atoms with Crippen molar-refractivity contribution in [3.63, 3.8) is 0 Å². The van der Waals surface area contributed by atoms with Crippen molar-refractivity contribution in [2.45, 2.75) is 77.7 Å². The summed E-state index contributed by atoms with van der Waals surface area (Å²) in [4.78, 5) is 23.9. The van der Waals surface area contributed by atoms with Gasteiger partial charge in [-0.1, -0.05) is 13.8 Å². The predicted octanol–water partition coefficient (Wildman–Crippen LogP) is 1.63. The van der Waals surface area contributed by atoms with Crippen molar-refractivity contribution in [1.29, 1.82) is 0 Å². The van der Waals surface area contributed by atoms with E-state index in [1.807, 2.05) is 0 Å². The molecule has 0 aliphatic heterocycles. The van der Waals surface area contributed by atoms with Gasteiger partial charge in [-0.25, -0.2) is 0 Å². The molecule has 2 amide bonds. The molecule has 1 saturated carbocycles. The van der Waals surface area contributed by atoms with Crippen molar-refractivity contribution in [1.82, 2.24) is 10.6 Å². The van der Waals surface area contributed by atoms with Gasteiger partial charge in [0.2, 0.25) is 11.8 Å². The van der Waals surface area contributed by atoms with Gasteiger partial charge >= 0.3 is 0 Å². The summed E-state index contributed by atoms with van der Waals surface area (Å²) in [5, 5.41) is 6.05. The number of hydrogen-bond acceptors (Lipinski definition) is 4. The summed E-state index contributed by atoms with van der Waals surface area (Å²) in [6, 6.07) is 0.337. The number of amides is 2. The first-order valence-electron chi connectivity index (χ1n) is 8.58. The van der Waals surface area contributed by atoms with E-state index in [0.29, 0.717) is 12.5 Å². The Hall–Kier alpha value is -1.14. The number of carbonyl (C=O) groups is 2. The number of ether oxygens (including phenoxy) is 2. The van der Waals surface area contributed by atoms with Crippen LogP contribution in [0.3, 0.4) is 0 Å². The highest BCUT2D eigenvalue weighted by Gasteiger charge is 2.26. The summed E-state index contributed by atoms with van der Waals surface area (Å²) in [6.07, 6.45) is 2.64. The van der Waals surface area contributed by atoms with Crippen LogP contribution in [0.1, 0.15) is 53.4 Å². The summed E-state index contributed by atoms with van der Waals surface area (Å²) < 4.78 is 10.5. The molecule has 0 radical (unpaired) electrons. The molecule has 0 spiro atoms. The van der Waals surface area contributed by atoms with E-state index in [1.54, 1.807) is 13.8 Å². The zero-order valence-corrected chi connectivity index (χ0v) is 15.1. The molecule has 1 rings (SSSR count). The third kappa shape index (κ3) is 7.31. The third-order valence-electron chi connectivity index (χ3n) is 4.19. The molecule has 1 aliphatic carbocycles. The maximum absolute atomic E-state index is 12.1. The maximum Gasteiger partial charge on any atom is 0.249 e. The molecule has 0 bridgehead atoms. The van der Waals surface area contributed by atoms with Crippen molar-refractivity contribution in [3.8, 4) is 0 Å². The van der Waals surface area contributed by atoms with Crippen LogP contribution >= 0.6 is 0 Å². The quantitative estimate of drug-likeness (QED) is 0.710. The number of methoxy groups -OCH3 is 1. The van der Waals surface area contributed by atoms with Crippen molar-refractivity contribution in [3.05, 3.63) is 0 Å². The minimum Gasteiger partial charge on any atom is -0.372 e. The molecule has 0 aromatic carbocycles. The second-order valence-corrected chi connectivity index (χ2v) is 6.81. The fraction of sp³-hybridized carbons (Fsp3) is 0.882. The van der Waals surface area contributed by atoms with Crippen LogP contribution in [0.5, 0.6) is 0 Å². The molecule has 1 aliphatic rings. The van der Waals surface area contributed by atoms with E-state index in [2.05, 4.69) is 24.5 Å². The molecule has 1 fully saturated rings. The van der Waals surface area contributed by atoms with E-state index in [-0.39, 0.29) is 23.9 Å². The maximum atomic E-state index is 12.1. The zero-order chi connectivity index (χ0) is 17.4. The van der Waals surface area contributed by atoms with Crippen molar-refractivity contribution in [2.75, 3.05) is 13.7 Å². The van der Waals surface area contributed by atoms with Gasteiger partial charge in [0.25, 0.3) is 0 Å². The highest BCUT2D eigenvalue weighted by Crippen LogP contribution is 2.19. The van der Waals surface area contributed by atoms with E-state index in [1.165, 1.54) is 7.11 Å². The molecular formula is C17H32N2O4. The van der Waals surface area contributed by atoms with Gasteiger partial charge in [-0.3, -0.25) is 9.59 Å². The van der Waals surface area contributed by atoms with Gasteiger partial charge in [0.1, 0.15) is 12.2 Å². The number of carbonyl (C=O) groups excluding carboxylic acids is 2. The fourth-order valence-corrected chi connectivity index (χ4v) is 2.54. The Bertz CT molecular complexity index is 379. The van der Waals surface area contributed by atoms with Crippen LogP contribution in [0.15, 0.2) is 0 Å². The molecule has 0 saturated heterocycles. The van der Waals surface area contributed by atoms with E-state index in [0.717, 1.165) is 25.7 Å². The molecule has 0 aromatic rings. The molecule has 2 atom stereocenters. The van der Waals surface area contributed by atoms with Gasteiger partial charge < -0.3 is 20.1 Å². The third-order valence-corrected chi connectivity index (χ3v) is 4.19. The van der Waals surface area contributed by atoms with Gasteiger partial charge in [-0.15, -0.1) is 0 Å². The average molecular weight is 328 g/mol. The van der Waals surface area contributed by atoms with E-state index >= 15 is 0 Å². The summed E-state index contributed by atoms with van der Waals surface area (Å²) in [7, 11) is 1.53. The lowest BCUT2D eigenvalue weighted by Gasteiger charge is -2.31. The largest absolute Gasteiger partial charge is 0.372 e. The summed E-state index contributed by atoms with van der Waals surface area (Å²) >= 11 is 0. The topological polar surface area (TPSA) is 76.7 Å². The summed E-state index contributed by atoms with van der Waals surface area (Å²) in [5.74, 6) is 0.292. The molecule has 0 heterocycles. The number of rotatable bonds is 8. The predicted molar refractivity (Wildman–Crippen MR) is 89.1 cm³/mol. The van der Waals surface area contributed by atoms with Crippen LogP contribution in [0.25, 0.3) is 0 Å². The van der Waals surface area contributed by atoms with Crippen molar-refractivity contribution < 1.29 is 19.1 Å². The molecule has 6 nitrogen and oxygen atoms in total. The summed E-state index contributed by atoms with van der Waals surface area (Å²) in [6.45, 7) is 8.23. The monoisotopic (exact) mass is 328 g/mol. The lowest BCUT2D eigenvalue weighted by Crippen LogP contribution is -2.47. The van der Waals surface area contributed by atoms with Crippen molar-refractivity contribution >= 4 is 11.8 Å². The van der Waals surface area contributed by atoms with Crippen LogP contribution in [0.4, 0.5) is 0 Å². The van der Waals surface area contributed by atoms with Gasteiger partial charge in [-0.05, 0) is 45.4 Å². The SMILES string of the molecule is CO[C@@H](C)C(=O)NC1CCC(NC(=O)C(C)OCC(C)C)CC1. The minimum absolute atomic E-state index is 0.0499. The second-order valence-electron chi connectivity index (χ2n) is 6.81. The average Bonchev–Trinajstić information content (AvgIpc) is 2.53. The normalized spacial score (nSPS) is 24.1. The Balaban J connectivity index is 2.28. The summed E-state index contributed by atoms with van der Waals surface area (Å²) in [5.41, 5.74) is 0. The standard InChI is InChI=1S/C17H32N2O4/c1-11(2)10-23-13(4)17(21)19-15-8-6-14(7-9-15)18-16(20)12(3)22-5/h11-15H,6-10H2,1-5H3,(H,18,20)(H,19,21)/t12-,13?,14?,15?/m0/s1. The van der Waals surface area contributed by atoms with E-state index < -0.39 is 12.2 Å². The molecular weight excluding hydrogens is 296 g/mol. The molecule has 0 aromatic heterocycles. The Kier molecular flexibility index (Phi) is 8.55. The second kappa shape index (κ2) is 9.88. The first-order valence-corrected chi connectivity index (χ1v) is 8.58. The minimum atomic E-state index is -0.425. The Morgan fingerprint density at radius 1 is 0.913 bits per heavy atom. The van der Waals surface area contributed by atoms with Gasteiger partial charge in [0.15, 0.2) is 0 Å². The number of nitrogens with one attached hydrogen (secondary N) is 2. The molecule has 23 heavy (non-hydrogen) atoms. The highest BCUT2D eigenvalue weighted by atomic mass is 16.5. The van der Waals surface area contributed by atoms with E-state index in [4.69, 9.17) is 9.47 Å². The van der Waals surface area contributed by atoms with Crippen LogP contribution in [-0.2, 0) is 19.1 Å². The van der Waals surface area contributed by atoms with Gasteiger partial charge in [0.05, 0.1) is 0 Å². The molecule has 134 valence electrons. The van der Waals surface area contributed by atoms with Gasteiger partial charge in [0, 0.05) is 25.8 Å². The molecule has 2 N–H and O–H groups in total. The molecule has 6 heteroatoms. The van der Waals surface area contributed by atoms with Crippen LogP contribution in [0, 0.1) is 5.92 Å². The first kappa shape index (κ1) is 19.9. The lowest BCUT2D eigenvalue weighted by molar-refractivity contribution is -0.134. The lowest BCUT2D eigenvalue weighted by atomic mass is 9.91. The Morgan fingerprint density at radius 2 is 1.35 bits per heavy atom. The van der Waals surface area contributed by atoms with Crippen LogP contribution in [0.2, 0.25) is 0 Å². The smallest absolute Gasteiger partial charge is 0.249 e. The van der Waals surface area contributed by atoms with Crippen LogP contribution in [-0.4, -0.2) is 49.8 Å². The van der Waals surface area contributed by atoms with E-state index in [9.17, 15) is 9.59 Å².